The van der Waals surface area contributed by atoms with E-state index in [1.54, 1.807) is 17.0 Å². The fourth-order valence-electron chi connectivity index (χ4n) is 0.677. The van der Waals surface area contributed by atoms with Crippen LogP contribution in [0.2, 0.25) is 0 Å². The van der Waals surface area contributed by atoms with Gasteiger partial charge < -0.3 is 0 Å². The summed E-state index contributed by atoms with van der Waals surface area (Å²) in [5.74, 6) is 0. The van der Waals surface area contributed by atoms with Crippen molar-refractivity contribution in [3.05, 3.63) is 24.0 Å². The Morgan fingerprint density at radius 2 is 2.50 bits per heavy atom. The van der Waals surface area contributed by atoms with E-state index in [0.717, 1.165) is 11.8 Å². The first-order valence-corrected chi connectivity index (χ1v) is 2.93. The summed E-state index contributed by atoms with van der Waals surface area (Å²) in [6.07, 6.45) is 7.42. The Hall–Kier alpha value is -1.38. The van der Waals surface area contributed by atoms with Crippen LogP contribution in [0, 0.1) is 0 Å². The third kappa shape index (κ3) is 1.55. The first kappa shape index (κ1) is 6.74. The van der Waals surface area contributed by atoms with Crippen LogP contribution in [0.5, 0.6) is 0 Å². The molecule has 1 heterocycles. The fourth-order valence-corrected chi connectivity index (χ4v) is 0.677. The summed E-state index contributed by atoms with van der Waals surface area (Å²) in [5.41, 5.74) is 0.939. The summed E-state index contributed by atoms with van der Waals surface area (Å²) in [7, 11) is 1.83. The molecule has 10 heavy (non-hydrogen) atoms. The first-order chi connectivity index (χ1) is 4.83. The molecule has 0 bridgehead atoms. The van der Waals surface area contributed by atoms with Gasteiger partial charge in [-0.3, -0.25) is 9.48 Å². The van der Waals surface area contributed by atoms with E-state index < -0.39 is 0 Å². The Labute approximate surface area is 59.0 Å². The van der Waals surface area contributed by atoms with Gasteiger partial charge in [0.05, 0.1) is 6.20 Å². The third-order valence-electron chi connectivity index (χ3n) is 1.09. The van der Waals surface area contributed by atoms with Crippen molar-refractivity contribution in [1.29, 1.82) is 0 Å². The molecule has 1 aromatic rings. The first-order valence-electron chi connectivity index (χ1n) is 2.93. The maximum atomic E-state index is 9.87. The number of nitrogens with zero attached hydrogens (tertiary/aromatic N) is 2. The predicted octanol–water partition coefficient (Wildman–Crippen LogP) is 0.632. The minimum atomic E-state index is 0.743. The van der Waals surface area contributed by atoms with Gasteiger partial charge in [0.2, 0.25) is 0 Å². The fraction of sp³-hybridized carbons (Fsp3) is 0.143. The van der Waals surface area contributed by atoms with E-state index in [2.05, 4.69) is 5.10 Å². The van der Waals surface area contributed by atoms with Crippen LogP contribution in [0.15, 0.2) is 18.5 Å². The van der Waals surface area contributed by atoms with Gasteiger partial charge in [0.1, 0.15) is 6.29 Å². The number of carbonyl (C=O) groups is 1. The molecule has 3 nitrogen and oxygen atoms in total. The molecule has 0 saturated heterocycles. The quantitative estimate of drug-likeness (QED) is 0.441. The van der Waals surface area contributed by atoms with E-state index in [1.807, 2.05) is 13.2 Å². The lowest BCUT2D eigenvalue weighted by Gasteiger charge is -1.80. The number of aromatic nitrogens is 2. The third-order valence-corrected chi connectivity index (χ3v) is 1.09. The van der Waals surface area contributed by atoms with Crippen LogP contribution in [-0.4, -0.2) is 16.1 Å². The Kier molecular flexibility index (Phi) is 1.99. The van der Waals surface area contributed by atoms with Gasteiger partial charge in [-0.15, -0.1) is 0 Å². The topological polar surface area (TPSA) is 34.9 Å². The summed E-state index contributed by atoms with van der Waals surface area (Å²) in [5, 5.41) is 3.92. The number of carbonyl (C=O) groups excluding carboxylic acids is 1. The minimum Gasteiger partial charge on any atom is -0.299 e. The molecule has 3 heteroatoms. The van der Waals surface area contributed by atoms with Crippen molar-refractivity contribution in [3.63, 3.8) is 0 Å². The molecule has 0 unspecified atom stereocenters. The summed E-state index contributed by atoms with van der Waals surface area (Å²) >= 11 is 0. The van der Waals surface area contributed by atoms with Gasteiger partial charge in [-0.05, 0) is 12.2 Å². The SMILES string of the molecule is Cn1cc(/C=C/C=O)cn1. The number of allylic oxidation sites excluding steroid dienone is 1. The molecule has 0 atom stereocenters. The maximum absolute atomic E-state index is 9.87. The molecule has 0 amide bonds. The van der Waals surface area contributed by atoms with Gasteiger partial charge in [0, 0.05) is 18.8 Å². The van der Waals surface area contributed by atoms with Gasteiger partial charge in [-0.2, -0.15) is 5.10 Å². The van der Waals surface area contributed by atoms with E-state index in [4.69, 9.17) is 0 Å². The van der Waals surface area contributed by atoms with E-state index in [-0.39, 0.29) is 0 Å². The van der Waals surface area contributed by atoms with Gasteiger partial charge in [-0.1, -0.05) is 0 Å². The van der Waals surface area contributed by atoms with Crippen molar-refractivity contribution in [2.75, 3.05) is 0 Å². The lowest BCUT2D eigenvalue weighted by Crippen LogP contribution is -1.83. The average Bonchev–Trinajstić information content (AvgIpc) is 2.31. The largest absolute Gasteiger partial charge is 0.299 e. The smallest absolute Gasteiger partial charge is 0.142 e. The van der Waals surface area contributed by atoms with Crippen LogP contribution < -0.4 is 0 Å². The van der Waals surface area contributed by atoms with Crippen molar-refractivity contribution in [1.82, 2.24) is 9.78 Å². The van der Waals surface area contributed by atoms with Crippen LogP contribution in [-0.2, 0) is 11.8 Å². The molecule has 0 N–H and O–H groups in total. The van der Waals surface area contributed by atoms with Crippen molar-refractivity contribution in [2.24, 2.45) is 7.05 Å². The second kappa shape index (κ2) is 2.96. The lowest BCUT2D eigenvalue weighted by molar-refractivity contribution is -0.104. The summed E-state index contributed by atoms with van der Waals surface area (Å²) in [4.78, 5) is 9.87. The highest BCUT2D eigenvalue weighted by molar-refractivity contribution is 5.73. The average molecular weight is 136 g/mol. The molecule has 0 aliphatic heterocycles. The molecule has 0 saturated carbocycles. The van der Waals surface area contributed by atoms with E-state index >= 15 is 0 Å². The second-order valence-corrected chi connectivity index (χ2v) is 1.94. The van der Waals surface area contributed by atoms with Crippen molar-refractivity contribution in [3.8, 4) is 0 Å². The molecule has 1 aromatic heterocycles. The second-order valence-electron chi connectivity index (χ2n) is 1.94. The van der Waals surface area contributed by atoms with E-state index in [9.17, 15) is 4.79 Å². The monoisotopic (exact) mass is 136 g/mol. The molecule has 0 aromatic carbocycles. The van der Waals surface area contributed by atoms with Crippen LogP contribution in [0.3, 0.4) is 0 Å². The van der Waals surface area contributed by atoms with Crippen molar-refractivity contribution in [2.45, 2.75) is 0 Å². The van der Waals surface area contributed by atoms with Crippen LogP contribution in [0.1, 0.15) is 5.56 Å². The maximum Gasteiger partial charge on any atom is 0.142 e. The Bertz CT molecular complexity index is 250. The highest BCUT2D eigenvalue weighted by atomic mass is 16.1. The number of aldehydes is 1. The molecule has 0 fully saturated rings. The minimum absolute atomic E-state index is 0.743. The summed E-state index contributed by atoms with van der Waals surface area (Å²) < 4.78 is 1.68. The molecular weight excluding hydrogens is 128 g/mol. The Balaban J connectivity index is 2.75. The standard InChI is InChI=1S/C7H8N2O/c1-9-6-7(5-8-9)3-2-4-10/h2-6H,1H3/b3-2+. The molecule has 0 aliphatic carbocycles. The van der Waals surface area contributed by atoms with Crippen LogP contribution in [0.25, 0.3) is 6.08 Å². The van der Waals surface area contributed by atoms with Crippen LogP contribution in [0.4, 0.5) is 0 Å². The van der Waals surface area contributed by atoms with Crippen molar-refractivity contribution >= 4 is 12.4 Å². The predicted molar refractivity (Wildman–Crippen MR) is 38.3 cm³/mol. The van der Waals surface area contributed by atoms with Crippen molar-refractivity contribution < 1.29 is 4.79 Å². The normalized spacial score (nSPS) is 10.5. The molecule has 0 aliphatic rings. The summed E-state index contributed by atoms with van der Waals surface area (Å²) in [6.45, 7) is 0. The number of hydrogen-bond donors (Lipinski definition) is 0. The Morgan fingerprint density at radius 3 is 3.00 bits per heavy atom. The number of hydrogen-bond acceptors (Lipinski definition) is 2. The molecule has 0 radical (unpaired) electrons. The molecular formula is C7H8N2O. The van der Waals surface area contributed by atoms with Gasteiger partial charge >= 0.3 is 0 Å². The molecule has 52 valence electrons. The molecule has 0 spiro atoms. The zero-order chi connectivity index (χ0) is 7.40. The number of aryl methyl sites for hydroxylation is 1. The summed E-state index contributed by atoms with van der Waals surface area (Å²) in [6, 6.07) is 0. The zero-order valence-electron chi connectivity index (χ0n) is 5.69. The van der Waals surface area contributed by atoms with Gasteiger partial charge in [0.15, 0.2) is 0 Å². The number of rotatable bonds is 2. The lowest BCUT2D eigenvalue weighted by atomic mass is 10.3. The van der Waals surface area contributed by atoms with Gasteiger partial charge in [0.25, 0.3) is 0 Å². The zero-order valence-corrected chi connectivity index (χ0v) is 5.69. The molecule has 1 rings (SSSR count). The highest BCUT2D eigenvalue weighted by Crippen LogP contribution is 1.97. The van der Waals surface area contributed by atoms with E-state index in [1.165, 1.54) is 6.08 Å². The van der Waals surface area contributed by atoms with E-state index in [0.29, 0.717) is 0 Å². The highest BCUT2D eigenvalue weighted by Gasteiger charge is 1.86. The van der Waals surface area contributed by atoms with Gasteiger partial charge in [-0.25, -0.2) is 0 Å². The Morgan fingerprint density at radius 1 is 1.70 bits per heavy atom. The van der Waals surface area contributed by atoms with Crippen LogP contribution >= 0.6 is 0 Å².